The number of benzene rings is 1. The van der Waals surface area contributed by atoms with Gasteiger partial charge in [0.2, 0.25) is 0 Å². The van der Waals surface area contributed by atoms with Crippen molar-refractivity contribution in [1.82, 2.24) is 15.3 Å². The summed E-state index contributed by atoms with van der Waals surface area (Å²) in [5.41, 5.74) is 5.07. The third-order valence-corrected chi connectivity index (χ3v) is 4.64. The summed E-state index contributed by atoms with van der Waals surface area (Å²) in [6.07, 6.45) is 4.02. The molecule has 3 nitrogen and oxygen atoms in total. The van der Waals surface area contributed by atoms with Gasteiger partial charge in [-0.25, -0.2) is 9.97 Å². The summed E-state index contributed by atoms with van der Waals surface area (Å²) in [6, 6.07) is 8.30. The molecule has 0 unspecified atom stereocenters. The zero-order valence-corrected chi connectivity index (χ0v) is 13.9. The normalized spacial score (nSPS) is 14.0. The predicted molar refractivity (Wildman–Crippen MR) is 88.4 cm³/mol. The number of aryl methyl sites for hydroxylation is 1. The van der Waals surface area contributed by atoms with Gasteiger partial charge in [-0.1, -0.05) is 47.5 Å². The molecule has 0 aliphatic carbocycles. The molecular weight excluding hydrogens is 326 g/mol. The second kappa shape index (κ2) is 6.67. The third kappa shape index (κ3) is 3.33. The first-order chi connectivity index (χ1) is 10.3. The van der Waals surface area contributed by atoms with Crippen LogP contribution in [0.4, 0.5) is 0 Å². The molecule has 0 spiro atoms. The molecule has 0 amide bonds. The molecule has 0 saturated heterocycles. The van der Waals surface area contributed by atoms with Gasteiger partial charge in [0.25, 0.3) is 0 Å². The number of aromatic nitrogens is 2. The van der Waals surface area contributed by atoms with Crippen LogP contribution in [0.5, 0.6) is 0 Å². The Bertz CT molecular complexity index is 640. The van der Waals surface area contributed by atoms with Gasteiger partial charge in [-0.3, -0.25) is 0 Å². The number of fused-ring (bicyclic) bond motifs is 1. The average molecular weight is 346 g/mol. The summed E-state index contributed by atoms with van der Waals surface area (Å²) < 4.78 is 1.13. The number of halogens is 1. The average Bonchev–Trinajstić information content (AvgIpc) is 2.50. The Morgan fingerprint density at radius 2 is 2.10 bits per heavy atom. The van der Waals surface area contributed by atoms with Crippen LogP contribution in [-0.4, -0.2) is 16.5 Å². The van der Waals surface area contributed by atoms with Crippen LogP contribution in [0.1, 0.15) is 41.7 Å². The molecule has 0 fully saturated rings. The Labute approximate surface area is 134 Å². The van der Waals surface area contributed by atoms with Gasteiger partial charge < -0.3 is 5.32 Å². The van der Waals surface area contributed by atoms with Crippen molar-refractivity contribution in [3.05, 3.63) is 57.1 Å². The summed E-state index contributed by atoms with van der Waals surface area (Å²) in [5.74, 6) is 0.938. The van der Waals surface area contributed by atoms with Gasteiger partial charge in [-0.2, -0.15) is 0 Å². The Balaban J connectivity index is 1.95. The highest BCUT2D eigenvalue weighted by Gasteiger charge is 2.17. The van der Waals surface area contributed by atoms with Gasteiger partial charge in [0.1, 0.15) is 5.82 Å². The van der Waals surface area contributed by atoms with E-state index in [1.54, 1.807) is 0 Å². The number of nitrogens with zero attached hydrogens (tertiary/aromatic N) is 2. The van der Waals surface area contributed by atoms with E-state index in [9.17, 15) is 0 Å². The number of rotatable bonds is 4. The lowest BCUT2D eigenvalue weighted by Gasteiger charge is -2.20. The molecule has 0 saturated carbocycles. The molecule has 1 aromatic carbocycles. The summed E-state index contributed by atoms with van der Waals surface area (Å²) in [6.45, 7) is 4.12. The first-order valence-electron chi connectivity index (χ1n) is 7.59. The molecule has 3 rings (SSSR count). The minimum Gasteiger partial charge on any atom is -0.311 e. The summed E-state index contributed by atoms with van der Waals surface area (Å²) >= 11 is 3.61. The first-order valence-corrected chi connectivity index (χ1v) is 8.39. The van der Waals surface area contributed by atoms with E-state index in [1.807, 2.05) is 6.07 Å². The minimum atomic E-state index is 0.783. The van der Waals surface area contributed by atoms with Crippen LogP contribution in [0.3, 0.4) is 0 Å². The molecule has 2 aromatic rings. The molecule has 0 atom stereocenters. The maximum atomic E-state index is 4.85. The smallest absolute Gasteiger partial charge is 0.133 e. The van der Waals surface area contributed by atoms with Gasteiger partial charge in [-0.15, -0.1) is 0 Å². The van der Waals surface area contributed by atoms with E-state index in [4.69, 9.17) is 9.97 Å². The zero-order valence-electron chi connectivity index (χ0n) is 12.3. The molecule has 1 aliphatic rings. The van der Waals surface area contributed by atoms with Crippen molar-refractivity contribution in [3.8, 4) is 0 Å². The molecule has 4 heteroatoms. The standard InChI is InChI=1S/C17H20BrN3/c1-2-5-15-13-8-9-19-11-16(13)21-17(20-15)10-12-6-3-4-7-14(12)18/h3-4,6-7,19H,2,5,8-11H2,1H3. The lowest BCUT2D eigenvalue weighted by molar-refractivity contribution is 0.607. The third-order valence-electron chi connectivity index (χ3n) is 3.86. The number of hydrogen-bond donors (Lipinski definition) is 1. The number of hydrogen-bond acceptors (Lipinski definition) is 3. The van der Waals surface area contributed by atoms with Crippen molar-refractivity contribution >= 4 is 15.9 Å². The first kappa shape index (κ1) is 14.7. The van der Waals surface area contributed by atoms with Gasteiger partial charge in [0.15, 0.2) is 0 Å². The van der Waals surface area contributed by atoms with E-state index < -0.39 is 0 Å². The molecule has 2 heterocycles. The Morgan fingerprint density at radius 1 is 1.24 bits per heavy atom. The minimum absolute atomic E-state index is 0.783. The molecule has 0 radical (unpaired) electrons. The van der Waals surface area contributed by atoms with E-state index in [2.05, 4.69) is 46.4 Å². The monoisotopic (exact) mass is 345 g/mol. The van der Waals surface area contributed by atoms with Crippen molar-refractivity contribution in [2.45, 2.75) is 39.2 Å². The summed E-state index contributed by atoms with van der Waals surface area (Å²) in [7, 11) is 0. The van der Waals surface area contributed by atoms with Crippen LogP contribution in [0.15, 0.2) is 28.7 Å². The van der Waals surface area contributed by atoms with Crippen LogP contribution >= 0.6 is 15.9 Å². The molecule has 1 aliphatic heterocycles. The lowest BCUT2D eigenvalue weighted by Crippen LogP contribution is -2.27. The maximum absolute atomic E-state index is 4.85. The van der Waals surface area contributed by atoms with Gasteiger partial charge in [-0.05, 0) is 36.6 Å². The molecule has 1 N–H and O–H groups in total. The quantitative estimate of drug-likeness (QED) is 0.922. The van der Waals surface area contributed by atoms with Crippen molar-refractivity contribution in [2.24, 2.45) is 0 Å². The van der Waals surface area contributed by atoms with Crippen molar-refractivity contribution in [1.29, 1.82) is 0 Å². The molecule has 110 valence electrons. The van der Waals surface area contributed by atoms with E-state index in [1.165, 1.54) is 22.5 Å². The van der Waals surface area contributed by atoms with Crippen LogP contribution in [-0.2, 0) is 25.8 Å². The van der Waals surface area contributed by atoms with Crippen molar-refractivity contribution in [3.63, 3.8) is 0 Å². The Kier molecular flexibility index (Phi) is 4.66. The molecule has 1 aromatic heterocycles. The zero-order chi connectivity index (χ0) is 14.7. The summed E-state index contributed by atoms with van der Waals surface area (Å²) in [5, 5.41) is 3.41. The predicted octanol–water partition coefficient (Wildman–Crippen LogP) is 3.43. The molecular formula is C17H20BrN3. The second-order valence-corrected chi connectivity index (χ2v) is 6.31. The lowest BCUT2D eigenvalue weighted by atomic mass is 10.0. The fourth-order valence-corrected chi connectivity index (χ4v) is 3.25. The number of nitrogens with one attached hydrogen (secondary N) is 1. The SMILES string of the molecule is CCCc1nc(Cc2ccccc2Br)nc2c1CCNC2. The topological polar surface area (TPSA) is 37.8 Å². The van der Waals surface area contributed by atoms with E-state index in [0.717, 1.165) is 49.1 Å². The van der Waals surface area contributed by atoms with Crippen LogP contribution in [0.25, 0.3) is 0 Å². The Hall–Kier alpha value is -1.26. The molecule has 0 bridgehead atoms. The highest BCUT2D eigenvalue weighted by atomic mass is 79.9. The van der Waals surface area contributed by atoms with E-state index in [0.29, 0.717) is 0 Å². The fraction of sp³-hybridized carbons (Fsp3) is 0.412. The van der Waals surface area contributed by atoms with Crippen molar-refractivity contribution < 1.29 is 0 Å². The summed E-state index contributed by atoms with van der Waals surface area (Å²) in [4.78, 5) is 9.65. The van der Waals surface area contributed by atoms with Crippen LogP contribution < -0.4 is 5.32 Å². The Morgan fingerprint density at radius 3 is 2.90 bits per heavy atom. The van der Waals surface area contributed by atoms with Crippen molar-refractivity contribution in [2.75, 3.05) is 6.54 Å². The van der Waals surface area contributed by atoms with Gasteiger partial charge in [0, 0.05) is 23.1 Å². The van der Waals surface area contributed by atoms with Gasteiger partial charge >= 0.3 is 0 Å². The van der Waals surface area contributed by atoms with E-state index in [-0.39, 0.29) is 0 Å². The van der Waals surface area contributed by atoms with E-state index >= 15 is 0 Å². The van der Waals surface area contributed by atoms with Gasteiger partial charge in [0.05, 0.1) is 5.69 Å². The maximum Gasteiger partial charge on any atom is 0.133 e. The second-order valence-electron chi connectivity index (χ2n) is 5.46. The molecule has 21 heavy (non-hydrogen) atoms. The van der Waals surface area contributed by atoms with Crippen LogP contribution in [0.2, 0.25) is 0 Å². The highest BCUT2D eigenvalue weighted by molar-refractivity contribution is 9.10. The highest BCUT2D eigenvalue weighted by Crippen LogP contribution is 2.21. The van der Waals surface area contributed by atoms with Crippen LogP contribution in [0, 0.1) is 0 Å². The largest absolute Gasteiger partial charge is 0.311 e. The fourth-order valence-electron chi connectivity index (χ4n) is 2.83.